The number of aryl methyl sites for hydroxylation is 1. The van der Waals surface area contributed by atoms with Gasteiger partial charge in [-0.3, -0.25) is 9.69 Å². The van der Waals surface area contributed by atoms with E-state index >= 15 is 0 Å². The second-order valence-corrected chi connectivity index (χ2v) is 8.17. The highest BCUT2D eigenvalue weighted by Crippen LogP contribution is 2.36. The summed E-state index contributed by atoms with van der Waals surface area (Å²) in [5.41, 5.74) is 4.63. The van der Waals surface area contributed by atoms with E-state index in [0.29, 0.717) is 11.8 Å². The van der Waals surface area contributed by atoms with Gasteiger partial charge in [0.25, 0.3) is 5.56 Å². The molecule has 5 rings (SSSR count). The Balaban J connectivity index is 1.43. The van der Waals surface area contributed by atoms with Gasteiger partial charge in [0.2, 0.25) is 0 Å². The summed E-state index contributed by atoms with van der Waals surface area (Å²) in [4.78, 5) is 19.9. The standard InChI is InChI=1S/C23H26N4O/c1-2-25-14-21(24-16-25)15-26-11-17-8-20(13-26)22-9-19(10-23(28)27(22)12-17)18-6-4-3-5-7-18/h3-7,9-10,14,16-17,20H,2,8,11-13,15H2,1H3/t17-,20+/m0/s1. The van der Waals surface area contributed by atoms with E-state index in [1.165, 1.54) is 12.1 Å². The molecule has 0 radical (unpaired) electrons. The van der Waals surface area contributed by atoms with Gasteiger partial charge in [-0.2, -0.15) is 0 Å². The minimum atomic E-state index is 0.140. The average molecular weight is 374 g/mol. The monoisotopic (exact) mass is 374 g/mol. The molecule has 5 heteroatoms. The number of benzene rings is 1. The van der Waals surface area contributed by atoms with Crippen LogP contribution in [0.5, 0.6) is 0 Å². The van der Waals surface area contributed by atoms with Crippen molar-refractivity contribution in [3.63, 3.8) is 0 Å². The molecule has 1 aromatic carbocycles. The predicted octanol–water partition coefficient (Wildman–Crippen LogP) is 3.35. The summed E-state index contributed by atoms with van der Waals surface area (Å²) < 4.78 is 4.15. The number of aromatic nitrogens is 3. The third-order valence-electron chi connectivity index (χ3n) is 6.18. The fourth-order valence-corrected chi connectivity index (χ4v) is 4.87. The lowest BCUT2D eigenvalue weighted by molar-refractivity contribution is 0.113. The van der Waals surface area contributed by atoms with Crippen molar-refractivity contribution in [2.24, 2.45) is 5.92 Å². The van der Waals surface area contributed by atoms with Crippen LogP contribution in [-0.2, 0) is 19.6 Å². The number of pyridine rings is 1. The summed E-state index contributed by atoms with van der Waals surface area (Å²) in [6.45, 7) is 6.85. The van der Waals surface area contributed by atoms with E-state index in [9.17, 15) is 4.79 Å². The van der Waals surface area contributed by atoms with E-state index in [-0.39, 0.29) is 5.56 Å². The Kier molecular flexibility index (Phi) is 4.40. The fourth-order valence-electron chi connectivity index (χ4n) is 4.87. The zero-order valence-corrected chi connectivity index (χ0v) is 16.3. The highest BCUT2D eigenvalue weighted by atomic mass is 16.1. The van der Waals surface area contributed by atoms with Crippen LogP contribution in [0.15, 0.2) is 59.8 Å². The SMILES string of the molecule is CCn1cnc(CN2C[C@@H]3C[C@H](C2)c2cc(-c4ccccc4)cc(=O)n2C3)c1. The van der Waals surface area contributed by atoms with Crippen LogP contribution in [0, 0.1) is 5.92 Å². The molecule has 5 nitrogen and oxygen atoms in total. The second kappa shape index (κ2) is 7.06. The number of imidazole rings is 1. The van der Waals surface area contributed by atoms with Crippen molar-refractivity contribution >= 4 is 0 Å². The van der Waals surface area contributed by atoms with E-state index in [2.05, 4.69) is 45.8 Å². The van der Waals surface area contributed by atoms with Gasteiger partial charge in [0.05, 0.1) is 12.0 Å². The van der Waals surface area contributed by atoms with Gasteiger partial charge in [-0.15, -0.1) is 0 Å². The number of likely N-dealkylation sites (tertiary alicyclic amines) is 1. The topological polar surface area (TPSA) is 43.1 Å². The molecule has 0 N–H and O–H groups in total. The maximum Gasteiger partial charge on any atom is 0.251 e. The molecule has 4 heterocycles. The van der Waals surface area contributed by atoms with Crippen molar-refractivity contribution in [2.75, 3.05) is 13.1 Å². The Labute approximate surface area is 165 Å². The molecule has 2 aliphatic heterocycles. The van der Waals surface area contributed by atoms with Gasteiger partial charge in [0.1, 0.15) is 0 Å². The second-order valence-electron chi connectivity index (χ2n) is 8.17. The van der Waals surface area contributed by atoms with Gasteiger partial charge in [-0.1, -0.05) is 30.3 Å². The highest BCUT2D eigenvalue weighted by Gasteiger charge is 2.35. The van der Waals surface area contributed by atoms with Crippen LogP contribution in [0.25, 0.3) is 11.1 Å². The maximum absolute atomic E-state index is 12.8. The Bertz CT molecular complexity index is 1040. The molecule has 0 unspecified atom stereocenters. The van der Waals surface area contributed by atoms with Crippen LogP contribution >= 0.6 is 0 Å². The zero-order chi connectivity index (χ0) is 19.1. The maximum atomic E-state index is 12.8. The van der Waals surface area contributed by atoms with E-state index in [1.807, 2.05) is 29.1 Å². The van der Waals surface area contributed by atoms with Gasteiger partial charge < -0.3 is 9.13 Å². The van der Waals surface area contributed by atoms with Gasteiger partial charge in [-0.25, -0.2) is 4.98 Å². The Morgan fingerprint density at radius 3 is 2.71 bits per heavy atom. The third-order valence-corrected chi connectivity index (χ3v) is 6.18. The van der Waals surface area contributed by atoms with Gasteiger partial charge in [0, 0.05) is 56.6 Å². The molecule has 28 heavy (non-hydrogen) atoms. The third kappa shape index (κ3) is 3.20. The molecule has 2 atom stereocenters. The fraction of sp³-hybridized carbons (Fsp3) is 0.391. The first-order valence-electron chi connectivity index (χ1n) is 10.2. The summed E-state index contributed by atoms with van der Waals surface area (Å²) in [7, 11) is 0. The Morgan fingerprint density at radius 2 is 1.93 bits per heavy atom. The molecule has 1 fully saturated rings. The molecule has 0 saturated carbocycles. The molecular weight excluding hydrogens is 348 g/mol. The molecule has 0 spiro atoms. The summed E-state index contributed by atoms with van der Waals surface area (Å²) >= 11 is 0. The first kappa shape index (κ1) is 17.4. The van der Waals surface area contributed by atoms with Crippen LogP contribution in [0.4, 0.5) is 0 Å². The van der Waals surface area contributed by atoms with E-state index in [0.717, 1.165) is 49.5 Å². The highest BCUT2D eigenvalue weighted by molar-refractivity contribution is 5.63. The van der Waals surface area contributed by atoms with Crippen LogP contribution in [0.2, 0.25) is 0 Å². The molecular formula is C23H26N4O. The minimum Gasteiger partial charge on any atom is -0.337 e. The lowest BCUT2D eigenvalue weighted by Gasteiger charge is -2.42. The Hall–Kier alpha value is -2.66. The number of nitrogens with zero attached hydrogens (tertiary/aromatic N) is 4. The number of rotatable bonds is 4. The summed E-state index contributed by atoms with van der Waals surface area (Å²) in [6.07, 6.45) is 5.25. The molecule has 2 aromatic heterocycles. The molecule has 1 saturated heterocycles. The zero-order valence-electron chi connectivity index (χ0n) is 16.3. The van der Waals surface area contributed by atoms with E-state index in [1.54, 1.807) is 6.07 Å². The summed E-state index contributed by atoms with van der Waals surface area (Å²) in [5.74, 6) is 0.955. The molecule has 144 valence electrons. The first-order chi connectivity index (χ1) is 13.7. The lowest BCUT2D eigenvalue weighted by Crippen LogP contribution is -2.46. The summed E-state index contributed by atoms with van der Waals surface area (Å²) in [5, 5.41) is 0. The average Bonchev–Trinajstić information content (AvgIpc) is 3.17. The van der Waals surface area contributed by atoms with E-state index in [4.69, 9.17) is 0 Å². The largest absolute Gasteiger partial charge is 0.337 e. The predicted molar refractivity (Wildman–Crippen MR) is 110 cm³/mol. The molecule has 2 aliphatic rings. The van der Waals surface area contributed by atoms with Crippen LogP contribution in [0.1, 0.15) is 30.7 Å². The van der Waals surface area contributed by atoms with Crippen LogP contribution in [-0.4, -0.2) is 32.1 Å². The van der Waals surface area contributed by atoms with Gasteiger partial charge in [-0.05, 0) is 36.5 Å². The van der Waals surface area contributed by atoms with Gasteiger partial charge in [0.15, 0.2) is 0 Å². The molecule has 2 bridgehead atoms. The number of hydrogen-bond donors (Lipinski definition) is 0. The normalized spacial score (nSPS) is 21.5. The van der Waals surface area contributed by atoms with E-state index < -0.39 is 0 Å². The van der Waals surface area contributed by atoms with Crippen molar-refractivity contribution in [1.82, 2.24) is 19.0 Å². The smallest absolute Gasteiger partial charge is 0.251 e. The van der Waals surface area contributed by atoms with Crippen molar-refractivity contribution in [3.05, 3.63) is 76.7 Å². The molecule has 0 aliphatic carbocycles. The molecule has 3 aromatic rings. The van der Waals surface area contributed by atoms with Gasteiger partial charge >= 0.3 is 0 Å². The van der Waals surface area contributed by atoms with Crippen molar-refractivity contribution in [3.8, 4) is 11.1 Å². The number of piperidine rings is 1. The van der Waals surface area contributed by atoms with Crippen LogP contribution in [0.3, 0.4) is 0 Å². The summed E-state index contributed by atoms with van der Waals surface area (Å²) in [6, 6.07) is 14.3. The number of fused-ring (bicyclic) bond motifs is 4. The lowest BCUT2D eigenvalue weighted by atomic mass is 9.82. The molecule has 0 amide bonds. The van der Waals surface area contributed by atoms with Crippen LogP contribution < -0.4 is 5.56 Å². The first-order valence-corrected chi connectivity index (χ1v) is 10.2. The van der Waals surface area contributed by atoms with Crippen molar-refractivity contribution in [2.45, 2.75) is 38.9 Å². The quantitative estimate of drug-likeness (QED) is 0.703. The number of hydrogen-bond acceptors (Lipinski definition) is 3. The van der Waals surface area contributed by atoms with Crippen molar-refractivity contribution < 1.29 is 0 Å². The van der Waals surface area contributed by atoms with Crippen molar-refractivity contribution in [1.29, 1.82) is 0 Å². The Morgan fingerprint density at radius 1 is 1.07 bits per heavy atom. The minimum absolute atomic E-state index is 0.140.